The fourth-order valence-electron chi connectivity index (χ4n) is 1.61. The molecular weight excluding hydrogens is 188 g/mol. The molecule has 0 bridgehead atoms. The van der Waals surface area contributed by atoms with E-state index in [9.17, 15) is 0 Å². The zero-order valence-electron chi connectivity index (χ0n) is 8.94. The molecule has 0 saturated heterocycles. The number of aromatic nitrogens is 3. The summed E-state index contributed by atoms with van der Waals surface area (Å²) in [5.41, 5.74) is 9.64. The van der Waals surface area contributed by atoms with E-state index in [-0.39, 0.29) is 0 Å². The Labute approximate surface area is 88.8 Å². The van der Waals surface area contributed by atoms with E-state index in [2.05, 4.69) is 10.1 Å². The summed E-state index contributed by atoms with van der Waals surface area (Å²) >= 11 is 0. The Morgan fingerprint density at radius 1 is 1.40 bits per heavy atom. The molecule has 0 atom stereocenters. The van der Waals surface area contributed by atoms with Crippen molar-refractivity contribution in [1.29, 1.82) is 0 Å². The lowest BCUT2D eigenvalue weighted by Gasteiger charge is -2.03. The molecule has 0 unspecified atom stereocenters. The van der Waals surface area contributed by atoms with E-state index in [0.29, 0.717) is 6.54 Å². The number of rotatable bonds is 2. The molecule has 0 aliphatic heterocycles. The molecule has 2 rings (SSSR count). The van der Waals surface area contributed by atoms with E-state index < -0.39 is 0 Å². The maximum atomic E-state index is 5.68. The van der Waals surface area contributed by atoms with Crippen molar-refractivity contribution in [3.8, 4) is 11.3 Å². The van der Waals surface area contributed by atoms with E-state index in [1.54, 1.807) is 4.68 Å². The van der Waals surface area contributed by atoms with Gasteiger partial charge in [0.15, 0.2) is 0 Å². The molecule has 2 heterocycles. The number of aryl methyl sites for hydroxylation is 2. The van der Waals surface area contributed by atoms with Gasteiger partial charge in [-0.25, -0.2) is 0 Å². The van der Waals surface area contributed by atoms with Crippen LogP contribution in [0.15, 0.2) is 24.4 Å². The van der Waals surface area contributed by atoms with Crippen molar-refractivity contribution < 1.29 is 0 Å². The fourth-order valence-corrected chi connectivity index (χ4v) is 1.61. The molecule has 0 aliphatic rings. The van der Waals surface area contributed by atoms with Gasteiger partial charge in [-0.3, -0.25) is 9.67 Å². The summed E-state index contributed by atoms with van der Waals surface area (Å²) in [5.74, 6) is 0. The number of hydrogen-bond acceptors (Lipinski definition) is 3. The zero-order chi connectivity index (χ0) is 10.8. The molecule has 0 aromatic carbocycles. The largest absolute Gasteiger partial charge is 0.325 e. The average Bonchev–Trinajstić information content (AvgIpc) is 2.59. The van der Waals surface area contributed by atoms with Crippen LogP contribution >= 0.6 is 0 Å². The molecule has 0 aliphatic carbocycles. The second-order valence-electron chi connectivity index (χ2n) is 3.50. The zero-order valence-corrected chi connectivity index (χ0v) is 8.94. The fraction of sp³-hybridized carbons (Fsp3) is 0.273. The first kappa shape index (κ1) is 9.86. The summed E-state index contributed by atoms with van der Waals surface area (Å²) in [4.78, 5) is 4.46. The Balaban J connectivity index is 2.54. The second kappa shape index (κ2) is 3.82. The molecule has 15 heavy (non-hydrogen) atoms. The maximum absolute atomic E-state index is 5.68. The molecule has 0 spiro atoms. The van der Waals surface area contributed by atoms with E-state index in [1.165, 1.54) is 0 Å². The molecule has 4 heteroatoms. The minimum absolute atomic E-state index is 0.474. The number of nitrogens with two attached hydrogens (primary N) is 1. The number of pyridine rings is 1. The molecule has 0 saturated carbocycles. The number of nitrogens with zero attached hydrogens (tertiary/aromatic N) is 3. The molecule has 2 aromatic rings. The van der Waals surface area contributed by atoms with E-state index >= 15 is 0 Å². The Bertz CT molecular complexity index is 473. The smallest absolute Gasteiger partial charge is 0.0740 e. The predicted molar refractivity (Wildman–Crippen MR) is 59.1 cm³/mol. The third-order valence-corrected chi connectivity index (χ3v) is 2.42. The lowest BCUT2D eigenvalue weighted by Crippen LogP contribution is -2.05. The highest BCUT2D eigenvalue weighted by Gasteiger charge is 2.09. The summed E-state index contributed by atoms with van der Waals surface area (Å²) in [6.45, 7) is 2.45. The molecule has 4 nitrogen and oxygen atoms in total. The molecular formula is C11H14N4. The normalized spacial score (nSPS) is 10.6. The Kier molecular flexibility index (Phi) is 2.51. The monoisotopic (exact) mass is 202 g/mol. The van der Waals surface area contributed by atoms with Gasteiger partial charge in [0.2, 0.25) is 0 Å². The van der Waals surface area contributed by atoms with Gasteiger partial charge >= 0.3 is 0 Å². The molecule has 0 amide bonds. The van der Waals surface area contributed by atoms with Crippen molar-refractivity contribution in [1.82, 2.24) is 14.8 Å². The summed E-state index contributed by atoms with van der Waals surface area (Å²) in [5, 5.41) is 4.19. The first-order valence-electron chi connectivity index (χ1n) is 4.87. The summed E-state index contributed by atoms with van der Waals surface area (Å²) < 4.78 is 1.79. The van der Waals surface area contributed by atoms with Crippen molar-refractivity contribution in [3.63, 3.8) is 0 Å². The highest BCUT2D eigenvalue weighted by molar-refractivity contribution is 5.61. The van der Waals surface area contributed by atoms with Gasteiger partial charge in [0.1, 0.15) is 0 Å². The van der Waals surface area contributed by atoms with Gasteiger partial charge in [0.05, 0.1) is 17.6 Å². The Morgan fingerprint density at radius 2 is 2.20 bits per heavy atom. The van der Waals surface area contributed by atoms with Crippen molar-refractivity contribution in [2.24, 2.45) is 12.8 Å². The summed E-state index contributed by atoms with van der Waals surface area (Å²) in [7, 11) is 1.89. The van der Waals surface area contributed by atoms with Crippen LogP contribution in [0.4, 0.5) is 0 Å². The average molecular weight is 202 g/mol. The minimum Gasteiger partial charge on any atom is -0.325 e. The Morgan fingerprint density at radius 3 is 2.87 bits per heavy atom. The SMILES string of the molecule is Cc1cccc(-c2cnn(C)c2CN)n1. The van der Waals surface area contributed by atoms with Crippen LogP contribution in [0.25, 0.3) is 11.3 Å². The van der Waals surface area contributed by atoms with Crippen LogP contribution in [0.1, 0.15) is 11.4 Å². The predicted octanol–water partition coefficient (Wildman–Crippen LogP) is 1.25. The quantitative estimate of drug-likeness (QED) is 0.797. The van der Waals surface area contributed by atoms with Crippen LogP contribution in [-0.2, 0) is 13.6 Å². The van der Waals surface area contributed by atoms with Gasteiger partial charge in [-0.05, 0) is 19.1 Å². The minimum atomic E-state index is 0.474. The lowest BCUT2D eigenvalue weighted by molar-refractivity contribution is 0.712. The Hall–Kier alpha value is -1.68. The maximum Gasteiger partial charge on any atom is 0.0740 e. The van der Waals surface area contributed by atoms with Crippen LogP contribution < -0.4 is 5.73 Å². The third kappa shape index (κ3) is 1.76. The van der Waals surface area contributed by atoms with Gasteiger partial charge in [-0.1, -0.05) is 6.07 Å². The molecule has 0 fully saturated rings. The van der Waals surface area contributed by atoms with Crippen molar-refractivity contribution in [2.45, 2.75) is 13.5 Å². The highest BCUT2D eigenvalue weighted by Crippen LogP contribution is 2.20. The first-order valence-corrected chi connectivity index (χ1v) is 4.87. The van der Waals surface area contributed by atoms with Crippen LogP contribution in [0.3, 0.4) is 0 Å². The van der Waals surface area contributed by atoms with Crippen LogP contribution in [0.2, 0.25) is 0 Å². The molecule has 0 radical (unpaired) electrons. The van der Waals surface area contributed by atoms with Gasteiger partial charge in [-0.2, -0.15) is 5.10 Å². The van der Waals surface area contributed by atoms with Gasteiger partial charge in [-0.15, -0.1) is 0 Å². The summed E-state index contributed by atoms with van der Waals surface area (Å²) in [6, 6.07) is 5.94. The summed E-state index contributed by atoms with van der Waals surface area (Å²) in [6.07, 6.45) is 1.81. The standard InChI is InChI=1S/C11H14N4/c1-8-4-3-5-10(14-8)9-7-13-15(2)11(9)6-12/h3-5,7H,6,12H2,1-2H3. The van der Waals surface area contributed by atoms with Crippen molar-refractivity contribution in [3.05, 3.63) is 35.8 Å². The van der Waals surface area contributed by atoms with Crippen LogP contribution in [-0.4, -0.2) is 14.8 Å². The molecule has 2 aromatic heterocycles. The topological polar surface area (TPSA) is 56.7 Å². The van der Waals surface area contributed by atoms with Crippen molar-refractivity contribution >= 4 is 0 Å². The van der Waals surface area contributed by atoms with Gasteiger partial charge < -0.3 is 5.73 Å². The number of hydrogen-bond donors (Lipinski definition) is 1. The van der Waals surface area contributed by atoms with Gasteiger partial charge in [0.25, 0.3) is 0 Å². The van der Waals surface area contributed by atoms with E-state index in [0.717, 1.165) is 22.6 Å². The van der Waals surface area contributed by atoms with Crippen LogP contribution in [0, 0.1) is 6.92 Å². The lowest BCUT2D eigenvalue weighted by atomic mass is 10.1. The van der Waals surface area contributed by atoms with Crippen molar-refractivity contribution in [2.75, 3.05) is 0 Å². The van der Waals surface area contributed by atoms with E-state index in [1.807, 2.05) is 38.4 Å². The first-order chi connectivity index (χ1) is 7.22. The van der Waals surface area contributed by atoms with Gasteiger partial charge in [0, 0.05) is 24.8 Å². The molecule has 78 valence electrons. The highest BCUT2D eigenvalue weighted by atomic mass is 15.3. The second-order valence-corrected chi connectivity index (χ2v) is 3.50. The van der Waals surface area contributed by atoms with Crippen LogP contribution in [0.5, 0.6) is 0 Å². The third-order valence-electron chi connectivity index (χ3n) is 2.42. The molecule has 2 N–H and O–H groups in total. The van der Waals surface area contributed by atoms with E-state index in [4.69, 9.17) is 5.73 Å².